The first-order valence-electron chi connectivity index (χ1n) is 31.6. The highest BCUT2D eigenvalue weighted by atomic mass is 16.8. The van der Waals surface area contributed by atoms with Crippen molar-refractivity contribution in [3.63, 3.8) is 0 Å². The van der Waals surface area contributed by atoms with E-state index in [0.29, 0.717) is 44.9 Å². The van der Waals surface area contributed by atoms with E-state index in [4.69, 9.17) is 56.8 Å². The second kappa shape index (κ2) is 26.3. The van der Waals surface area contributed by atoms with Gasteiger partial charge in [0.2, 0.25) is 0 Å². The van der Waals surface area contributed by atoms with Crippen LogP contribution in [-0.2, 0) is 66.4 Å². The van der Waals surface area contributed by atoms with Gasteiger partial charge in [-0.3, -0.25) is 4.79 Å². The molecule has 516 valence electrons. The monoisotopic (exact) mass is 1290 g/mol. The molecular formula is C61H98O29. The summed E-state index contributed by atoms with van der Waals surface area (Å²) in [5.74, 6) is -2.06. The molecular weight excluding hydrogens is 1200 g/mol. The number of allylic oxidation sites excluding steroid dienone is 2. The quantitative estimate of drug-likeness (QED) is 0.0425. The first kappa shape index (κ1) is 70.5. The van der Waals surface area contributed by atoms with Crippen LogP contribution in [0, 0.1) is 50.2 Å². The molecule has 29 heteroatoms. The average Bonchev–Trinajstić information content (AvgIpc) is 0.677. The van der Waals surface area contributed by atoms with Crippen molar-refractivity contribution in [2.45, 2.75) is 266 Å². The van der Waals surface area contributed by atoms with Crippen molar-refractivity contribution >= 4 is 11.9 Å². The Labute approximate surface area is 521 Å². The summed E-state index contributed by atoms with van der Waals surface area (Å²) in [5, 5.41) is 164. The zero-order valence-electron chi connectivity index (χ0n) is 52.4. The molecule has 4 saturated carbocycles. The summed E-state index contributed by atoms with van der Waals surface area (Å²) in [4.78, 5) is 27.4. The number of carbonyl (C=O) groups excluding carboxylic acids is 2. The van der Waals surface area contributed by atoms with Gasteiger partial charge in [0.15, 0.2) is 37.6 Å². The minimum atomic E-state index is -2.04. The van der Waals surface area contributed by atoms with E-state index in [9.17, 15) is 86.2 Å². The summed E-state index contributed by atoms with van der Waals surface area (Å²) in [6, 6.07) is 0. The van der Waals surface area contributed by atoms with E-state index >= 15 is 0 Å². The lowest BCUT2D eigenvalue weighted by molar-refractivity contribution is -0.396. The summed E-state index contributed by atoms with van der Waals surface area (Å²) in [6.07, 6.45) is -36.0. The molecule has 10 aliphatic rings. The van der Waals surface area contributed by atoms with E-state index in [-0.39, 0.29) is 37.2 Å². The highest BCUT2D eigenvalue weighted by Gasteiger charge is 2.71. The van der Waals surface area contributed by atoms with Crippen molar-refractivity contribution in [2.75, 3.05) is 40.6 Å². The molecule has 90 heavy (non-hydrogen) atoms. The molecule has 15 N–H and O–H groups in total. The third-order valence-electron chi connectivity index (χ3n) is 24.0. The van der Waals surface area contributed by atoms with Crippen LogP contribution in [0.3, 0.4) is 0 Å². The Hall–Kier alpha value is -2.32. The Balaban J connectivity index is 0.924. The lowest BCUT2D eigenvalue weighted by atomic mass is 9.33. The number of aliphatic hydroxyl groups is 15. The Morgan fingerprint density at radius 3 is 1.70 bits per heavy atom. The van der Waals surface area contributed by atoms with E-state index in [1.165, 1.54) is 14.0 Å². The average molecular weight is 1300 g/mol. The number of esters is 2. The van der Waals surface area contributed by atoms with Gasteiger partial charge in [0.1, 0.15) is 104 Å². The van der Waals surface area contributed by atoms with E-state index in [1.54, 1.807) is 0 Å². The highest BCUT2D eigenvalue weighted by molar-refractivity contribution is 5.77. The maximum absolute atomic E-state index is 14.1. The minimum Gasteiger partial charge on any atom is -0.469 e. The molecule has 35 atom stereocenters. The Kier molecular flexibility index (Phi) is 20.6. The lowest BCUT2D eigenvalue weighted by Gasteiger charge is -2.72. The van der Waals surface area contributed by atoms with Gasteiger partial charge < -0.3 is 133 Å². The van der Waals surface area contributed by atoms with Gasteiger partial charge >= 0.3 is 11.9 Å². The molecule has 0 radical (unpaired) electrons. The molecule has 29 nitrogen and oxygen atoms in total. The predicted molar refractivity (Wildman–Crippen MR) is 301 cm³/mol. The standard InChI is InChI=1S/C61H98O29/c1-24-34(66)38(70)43(75)50(82-24)89-47-40(72)37(69)29(21-63)84-53(47)90-48-42(74)41(73)45(49(77)79-8)87-54(48)85-32-13-14-58(4)30(59(32,5)23-64)12-15-61(7)31(58)11-10-25-26-18-56(2,55(78)80-9)19-33(57(26,3)16-17-60(25,61)6)86-52-46(35(67)27(65)22-81-52)88-51-44(76)39(71)36(68)28(20-62)83-51/h10,24,26-48,50-54,62-76H,11-23H2,1-9H3. The number of ether oxygens (including phenoxy) is 12. The Morgan fingerprint density at radius 2 is 1.09 bits per heavy atom. The van der Waals surface area contributed by atoms with Gasteiger partial charge in [-0.25, -0.2) is 4.79 Å². The molecule has 0 bridgehead atoms. The van der Waals surface area contributed by atoms with Crippen LogP contribution in [-0.4, -0.2) is 289 Å². The molecule has 0 aromatic carbocycles. The van der Waals surface area contributed by atoms with Crippen LogP contribution in [0.15, 0.2) is 11.6 Å². The van der Waals surface area contributed by atoms with Crippen molar-refractivity contribution in [1.82, 2.24) is 0 Å². The van der Waals surface area contributed by atoms with Gasteiger partial charge in [-0.15, -0.1) is 0 Å². The number of methoxy groups -OCH3 is 2. The molecule has 0 aromatic rings. The van der Waals surface area contributed by atoms with Crippen LogP contribution in [0.25, 0.3) is 0 Å². The van der Waals surface area contributed by atoms with E-state index in [2.05, 4.69) is 33.8 Å². The third kappa shape index (κ3) is 11.5. The fraction of sp³-hybridized carbons (Fsp3) is 0.934. The summed E-state index contributed by atoms with van der Waals surface area (Å²) in [6.45, 7) is 11.7. The largest absolute Gasteiger partial charge is 0.469 e. The number of hydrogen-bond donors (Lipinski definition) is 15. The second-order valence-corrected chi connectivity index (χ2v) is 28.8. The van der Waals surface area contributed by atoms with Crippen LogP contribution < -0.4 is 0 Å². The van der Waals surface area contributed by atoms with Gasteiger partial charge in [0.05, 0.1) is 64.4 Å². The van der Waals surface area contributed by atoms with Gasteiger partial charge in [-0.05, 0) is 106 Å². The Morgan fingerprint density at radius 1 is 0.533 bits per heavy atom. The summed E-state index contributed by atoms with van der Waals surface area (Å²) < 4.78 is 72.1. The predicted octanol–water partition coefficient (Wildman–Crippen LogP) is -3.77. The number of fused-ring (bicyclic) bond motifs is 7. The normalized spacial score (nSPS) is 54.7. The van der Waals surface area contributed by atoms with Crippen LogP contribution in [0.5, 0.6) is 0 Å². The third-order valence-corrected chi connectivity index (χ3v) is 24.0. The van der Waals surface area contributed by atoms with Crippen molar-refractivity contribution in [3.8, 4) is 0 Å². The molecule has 0 spiro atoms. The lowest BCUT2D eigenvalue weighted by Crippen LogP contribution is -2.68. The van der Waals surface area contributed by atoms with Crippen molar-refractivity contribution < 1.29 is 143 Å². The first-order valence-corrected chi connectivity index (χ1v) is 31.6. The molecule has 5 saturated heterocycles. The number of aliphatic hydroxyl groups excluding tert-OH is 15. The Bertz CT molecular complexity index is 2550. The molecule has 10 rings (SSSR count). The van der Waals surface area contributed by atoms with Crippen LogP contribution in [0.2, 0.25) is 0 Å². The van der Waals surface area contributed by atoms with E-state index in [1.807, 2.05) is 13.8 Å². The first-order chi connectivity index (χ1) is 42.3. The summed E-state index contributed by atoms with van der Waals surface area (Å²) in [7, 11) is 2.38. The zero-order chi connectivity index (χ0) is 65.9. The van der Waals surface area contributed by atoms with Gasteiger partial charge in [-0.2, -0.15) is 0 Å². The van der Waals surface area contributed by atoms with Crippen LogP contribution in [0.1, 0.15) is 106 Å². The topological polar surface area (TPSA) is 448 Å². The molecule has 5 heterocycles. The molecule has 0 amide bonds. The number of carbonyl (C=O) groups is 2. The molecule has 35 unspecified atom stereocenters. The van der Waals surface area contributed by atoms with Crippen LogP contribution in [0.4, 0.5) is 0 Å². The minimum absolute atomic E-state index is 0.00327. The molecule has 5 aliphatic heterocycles. The SMILES string of the molecule is COC(=O)C1OC(OC2CCC3(C)C(CCC4(C)C3CC=C3C5CC(C)(C(=O)OC)CC(OC6OCC(O)C(O)C6OC6OC(CO)C(O)C(O)C6O)C5(C)CCC34C)C2(C)CO)C(OC2OC(CO)C(O)C(O)C2OC2OC(C)C(O)C(O)C2O)C(O)C1O. The van der Waals surface area contributed by atoms with Crippen LogP contribution >= 0.6 is 0 Å². The maximum atomic E-state index is 14.1. The summed E-state index contributed by atoms with van der Waals surface area (Å²) >= 11 is 0. The maximum Gasteiger partial charge on any atom is 0.337 e. The zero-order valence-corrected chi connectivity index (χ0v) is 52.4. The number of rotatable bonds is 15. The van der Waals surface area contributed by atoms with Gasteiger partial charge in [0, 0.05) is 10.8 Å². The molecule has 9 fully saturated rings. The van der Waals surface area contributed by atoms with Crippen molar-refractivity contribution in [3.05, 3.63) is 11.6 Å². The van der Waals surface area contributed by atoms with E-state index in [0.717, 1.165) is 12.7 Å². The summed E-state index contributed by atoms with van der Waals surface area (Å²) in [5.41, 5.74) is -3.07. The van der Waals surface area contributed by atoms with Crippen molar-refractivity contribution in [1.29, 1.82) is 0 Å². The molecule has 5 aliphatic carbocycles. The fourth-order valence-corrected chi connectivity index (χ4v) is 18.1. The van der Waals surface area contributed by atoms with Gasteiger partial charge in [-0.1, -0.05) is 46.3 Å². The fourth-order valence-electron chi connectivity index (χ4n) is 18.1. The number of hydrogen-bond acceptors (Lipinski definition) is 29. The van der Waals surface area contributed by atoms with Crippen molar-refractivity contribution in [2.24, 2.45) is 50.2 Å². The highest BCUT2D eigenvalue weighted by Crippen LogP contribution is 2.76. The van der Waals surface area contributed by atoms with Gasteiger partial charge in [0.25, 0.3) is 0 Å². The second-order valence-electron chi connectivity index (χ2n) is 28.8. The smallest absolute Gasteiger partial charge is 0.337 e. The van der Waals surface area contributed by atoms with E-state index < -0.39 is 224 Å². The molecule has 0 aromatic heterocycles.